The van der Waals surface area contributed by atoms with Crippen LogP contribution in [-0.2, 0) is 17.5 Å². The molecule has 1 fully saturated rings. The van der Waals surface area contributed by atoms with Crippen LogP contribution in [0.4, 0.5) is 18.9 Å². The summed E-state index contributed by atoms with van der Waals surface area (Å²) < 4.78 is 44.2. The molecule has 1 aromatic carbocycles. The first kappa shape index (κ1) is 20.1. The van der Waals surface area contributed by atoms with Gasteiger partial charge in [0, 0.05) is 10.6 Å². The fraction of sp³-hybridized carbons (Fsp3) is 0.474. The number of alkyl halides is 3. The summed E-state index contributed by atoms with van der Waals surface area (Å²) in [5.74, 6) is 0. The average molecular weight is 401 g/mol. The molecule has 3 rings (SSSR count). The van der Waals surface area contributed by atoms with E-state index in [9.17, 15) is 18.3 Å². The van der Waals surface area contributed by atoms with E-state index in [1.54, 1.807) is 17.4 Å². The van der Waals surface area contributed by atoms with Crippen LogP contribution in [0, 0.1) is 0 Å². The number of halogens is 3. The van der Waals surface area contributed by atoms with E-state index in [-0.39, 0.29) is 0 Å². The van der Waals surface area contributed by atoms with Gasteiger partial charge < -0.3 is 19.6 Å². The van der Waals surface area contributed by atoms with Crippen LogP contribution in [0.3, 0.4) is 0 Å². The number of aliphatic hydroxyl groups is 1. The van der Waals surface area contributed by atoms with Crippen molar-refractivity contribution in [1.82, 2.24) is 0 Å². The number of hydrogen-bond donors (Lipinski definition) is 2. The highest BCUT2D eigenvalue weighted by atomic mass is 32.1. The quantitative estimate of drug-likeness (QED) is 0.746. The molecule has 1 aliphatic heterocycles. The molecule has 2 heterocycles. The Kier molecular flexibility index (Phi) is 6.75. The number of rotatable bonds is 7. The lowest BCUT2D eigenvalue weighted by atomic mass is 10.1. The van der Waals surface area contributed by atoms with Gasteiger partial charge in [-0.25, -0.2) is 0 Å². The van der Waals surface area contributed by atoms with E-state index in [2.05, 4.69) is 0 Å². The predicted molar refractivity (Wildman–Crippen MR) is 99.2 cm³/mol. The maximum absolute atomic E-state index is 12.9. The Hall–Kier alpha value is -1.61. The van der Waals surface area contributed by atoms with Crippen molar-refractivity contribution in [2.24, 2.45) is 0 Å². The van der Waals surface area contributed by atoms with Crippen LogP contribution in [0.2, 0.25) is 0 Å². The molecule has 27 heavy (non-hydrogen) atoms. The summed E-state index contributed by atoms with van der Waals surface area (Å²) in [4.78, 5) is 4.34. The third-order valence-corrected chi connectivity index (χ3v) is 5.52. The van der Waals surface area contributed by atoms with Gasteiger partial charge in [-0.05, 0) is 29.6 Å². The highest BCUT2D eigenvalue weighted by Crippen LogP contribution is 2.31. The van der Waals surface area contributed by atoms with Crippen LogP contribution in [0.1, 0.15) is 10.4 Å². The molecule has 8 heteroatoms. The summed E-state index contributed by atoms with van der Waals surface area (Å²) in [6, 6.07) is 9.43. The second-order valence-electron chi connectivity index (χ2n) is 6.74. The van der Waals surface area contributed by atoms with E-state index < -0.39 is 17.8 Å². The van der Waals surface area contributed by atoms with Gasteiger partial charge in [-0.15, -0.1) is 11.3 Å². The number of anilines is 1. The molecule has 0 radical (unpaired) electrons. The number of hydrogen-bond acceptors (Lipinski definition) is 4. The van der Waals surface area contributed by atoms with Gasteiger partial charge in [-0.1, -0.05) is 12.1 Å². The van der Waals surface area contributed by atoms with Crippen molar-refractivity contribution < 1.29 is 27.9 Å². The van der Waals surface area contributed by atoms with Crippen molar-refractivity contribution in [3.63, 3.8) is 0 Å². The first-order valence-electron chi connectivity index (χ1n) is 8.96. The Morgan fingerprint density at radius 2 is 1.96 bits per heavy atom. The largest absolute Gasteiger partial charge is 0.416 e. The summed E-state index contributed by atoms with van der Waals surface area (Å²) in [5.41, 5.74) is -0.0169. The van der Waals surface area contributed by atoms with Gasteiger partial charge in [0.1, 0.15) is 12.6 Å². The molecule has 1 aromatic heterocycles. The van der Waals surface area contributed by atoms with Gasteiger partial charge in [0.2, 0.25) is 0 Å². The number of quaternary nitrogens is 1. The Bertz CT molecular complexity index is 701. The Morgan fingerprint density at radius 1 is 1.19 bits per heavy atom. The fourth-order valence-corrected chi connectivity index (χ4v) is 3.89. The minimum absolute atomic E-state index is 0.290. The number of nitrogens with one attached hydrogen (secondary N) is 1. The molecule has 2 N–H and O–H groups in total. The van der Waals surface area contributed by atoms with E-state index in [1.807, 2.05) is 22.4 Å². The minimum Gasteiger partial charge on any atom is -0.385 e. The molecule has 1 aliphatic rings. The SMILES string of the molecule is O[C@H](COCc1cccs1)C[NH+]1CCN(c2cccc(C(F)(F)F)c2)CC1. The monoisotopic (exact) mass is 401 g/mol. The molecule has 0 saturated carbocycles. The number of piperazine rings is 1. The third-order valence-electron chi connectivity index (χ3n) is 4.67. The summed E-state index contributed by atoms with van der Waals surface area (Å²) >= 11 is 1.62. The predicted octanol–water partition coefficient (Wildman–Crippen LogP) is 2.05. The van der Waals surface area contributed by atoms with Crippen LogP contribution in [0.25, 0.3) is 0 Å². The lowest BCUT2D eigenvalue weighted by Crippen LogP contribution is -3.16. The highest BCUT2D eigenvalue weighted by molar-refractivity contribution is 7.09. The van der Waals surface area contributed by atoms with Gasteiger partial charge >= 0.3 is 6.18 Å². The second kappa shape index (κ2) is 9.05. The van der Waals surface area contributed by atoms with Gasteiger partial charge in [0.05, 0.1) is 45.0 Å². The normalized spacial score (nSPS) is 17.3. The standard InChI is InChI=1S/C19H23F3N2O2S/c20-19(21,22)15-3-1-4-16(11-15)24-8-6-23(7-9-24)12-17(25)13-26-14-18-5-2-10-27-18/h1-5,10-11,17,25H,6-9,12-14H2/p+1/t17-/m0/s1. The molecule has 0 spiro atoms. The van der Waals surface area contributed by atoms with E-state index in [4.69, 9.17) is 4.74 Å². The van der Waals surface area contributed by atoms with Crippen molar-refractivity contribution >= 4 is 17.0 Å². The average Bonchev–Trinajstić information content (AvgIpc) is 3.15. The maximum Gasteiger partial charge on any atom is 0.416 e. The number of nitrogens with zero attached hydrogens (tertiary/aromatic N) is 1. The van der Waals surface area contributed by atoms with Crippen molar-refractivity contribution in [2.45, 2.75) is 18.9 Å². The topological polar surface area (TPSA) is 37.1 Å². The van der Waals surface area contributed by atoms with Crippen LogP contribution in [-0.4, -0.2) is 50.5 Å². The number of benzene rings is 1. The van der Waals surface area contributed by atoms with Crippen molar-refractivity contribution in [3.8, 4) is 0 Å². The smallest absolute Gasteiger partial charge is 0.385 e. The molecule has 1 saturated heterocycles. The van der Waals surface area contributed by atoms with Gasteiger partial charge in [0.15, 0.2) is 0 Å². The number of thiophene rings is 1. The van der Waals surface area contributed by atoms with E-state index in [0.717, 1.165) is 24.0 Å². The van der Waals surface area contributed by atoms with Crippen molar-refractivity contribution in [1.29, 1.82) is 0 Å². The zero-order valence-electron chi connectivity index (χ0n) is 14.9. The lowest BCUT2D eigenvalue weighted by Gasteiger charge is -2.34. The molecule has 0 aliphatic carbocycles. The summed E-state index contributed by atoms with van der Waals surface area (Å²) in [7, 11) is 0. The first-order valence-corrected chi connectivity index (χ1v) is 9.84. The van der Waals surface area contributed by atoms with E-state index in [1.165, 1.54) is 17.0 Å². The molecular formula is C19H24F3N2O2S+. The van der Waals surface area contributed by atoms with Crippen LogP contribution < -0.4 is 9.80 Å². The summed E-state index contributed by atoms with van der Waals surface area (Å²) in [5, 5.41) is 12.1. The zero-order chi connectivity index (χ0) is 19.3. The molecule has 0 unspecified atom stereocenters. The molecule has 0 amide bonds. The molecule has 1 atom stereocenters. The van der Waals surface area contributed by atoms with Crippen LogP contribution >= 0.6 is 11.3 Å². The van der Waals surface area contributed by atoms with E-state index in [0.29, 0.717) is 38.5 Å². The Morgan fingerprint density at radius 3 is 2.63 bits per heavy atom. The van der Waals surface area contributed by atoms with Gasteiger partial charge in [0.25, 0.3) is 0 Å². The fourth-order valence-electron chi connectivity index (χ4n) is 3.25. The Balaban J connectivity index is 1.42. The first-order chi connectivity index (χ1) is 12.9. The van der Waals surface area contributed by atoms with Crippen LogP contribution in [0.5, 0.6) is 0 Å². The maximum atomic E-state index is 12.9. The molecule has 4 nitrogen and oxygen atoms in total. The minimum atomic E-state index is -4.32. The number of ether oxygens (including phenoxy) is 1. The Labute approximate surface area is 160 Å². The molecule has 2 aromatic rings. The lowest BCUT2D eigenvalue weighted by molar-refractivity contribution is -0.903. The van der Waals surface area contributed by atoms with Crippen molar-refractivity contribution in [2.75, 3.05) is 44.2 Å². The van der Waals surface area contributed by atoms with Gasteiger partial charge in [-0.2, -0.15) is 13.2 Å². The van der Waals surface area contributed by atoms with Crippen LogP contribution in [0.15, 0.2) is 41.8 Å². The molecule has 148 valence electrons. The zero-order valence-corrected chi connectivity index (χ0v) is 15.7. The van der Waals surface area contributed by atoms with Gasteiger partial charge in [-0.3, -0.25) is 0 Å². The number of aliphatic hydroxyl groups excluding tert-OH is 1. The third kappa shape index (κ3) is 5.93. The van der Waals surface area contributed by atoms with E-state index >= 15 is 0 Å². The summed E-state index contributed by atoms with van der Waals surface area (Å²) in [6.45, 7) is 4.27. The molecular weight excluding hydrogens is 377 g/mol. The highest BCUT2D eigenvalue weighted by Gasteiger charge is 2.31. The van der Waals surface area contributed by atoms with Crippen molar-refractivity contribution in [3.05, 3.63) is 52.2 Å². The second-order valence-corrected chi connectivity index (χ2v) is 7.77. The molecule has 0 bridgehead atoms. The summed E-state index contributed by atoms with van der Waals surface area (Å²) in [6.07, 6.45) is -4.86.